The van der Waals surface area contributed by atoms with Gasteiger partial charge in [0.05, 0.1) is 26.2 Å². The van der Waals surface area contributed by atoms with Crippen LogP contribution in [0.2, 0.25) is 0 Å². The number of esters is 1. The van der Waals surface area contributed by atoms with Crippen molar-refractivity contribution in [3.63, 3.8) is 0 Å². The van der Waals surface area contributed by atoms with Crippen LogP contribution in [-0.4, -0.2) is 101 Å². The summed E-state index contributed by atoms with van der Waals surface area (Å²) in [6.45, 7) is -0.735. The first-order valence-electron chi connectivity index (χ1n) is 9.03. The average Bonchev–Trinajstić information content (AvgIpc) is 2.90. The molecule has 0 aromatic carbocycles. The van der Waals surface area contributed by atoms with Gasteiger partial charge in [-0.1, -0.05) is 12.2 Å². The summed E-state index contributed by atoms with van der Waals surface area (Å²) in [5.74, 6) is -2.63. The van der Waals surface area contributed by atoms with E-state index in [1.165, 1.54) is 13.2 Å². The highest BCUT2D eigenvalue weighted by molar-refractivity contribution is 5.74. The Hall–Kier alpha value is -1.15. The second kappa shape index (κ2) is 7.27. The van der Waals surface area contributed by atoms with Crippen LogP contribution < -0.4 is 0 Å². The maximum atomic E-state index is 12.2. The van der Waals surface area contributed by atoms with Crippen LogP contribution in [0.4, 0.5) is 0 Å². The van der Waals surface area contributed by atoms with Crippen molar-refractivity contribution in [3.05, 3.63) is 12.2 Å². The van der Waals surface area contributed by atoms with Gasteiger partial charge in [-0.15, -0.1) is 0 Å². The summed E-state index contributed by atoms with van der Waals surface area (Å²) in [4.78, 5) is 12.2. The van der Waals surface area contributed by atoms with Crippen molar-refractivity contribution < 1.29 is 54.0 Å². The number of allylic oxidation sites excluding steroid dienone is 1. The normalized spacial score (nSPS) is 52.5. The molecule has 5 rings (SSSR count). The molecule has 4 heterocycles. The van der Waals surface area contributed by atoms with Crippen molar-refractivity contribution in [1.29, 1.82) is 0 Å². The molecule has 5 aliphatic rings. The minimum Gasteiger partial charge on any atom is -0.469 e. The number of carbonyl (C=O) groups excluding carboxylic acids is 1. The molecule has 5 N–H and O–H groups in total. The predicted octanol–water partition coefficient (Wildman–Crippen LogP) is -3.16. The molecule has 0 saturated carbocycles. The first-order valence-corrected chi connectivity index (χ1v) is 9.03. The monoisotopic (exact) mass is 404 g/mol. The van der Waals surface area contributed by atoms with E-state index in [2.05, 4.69) is 0 Å². The number of hydrogen-bond acceptors (Lipinski definition) is 11. The summed E-state index contributed by atoms with van der Waals surface area (Å²) < 4.78 is 27.2. The van der Waals surface area contributed by atoms with E-state index in [0.29, 0.717) is 0 Å². The van der Waals surface area contributed by atoms with Crippen LogP contribution >= 0.6 is 0 Å². The Morgan fingerprint density at radius 3 is 2.61 bits per heavy atom. The van der Waals surface area contributed by atoms with Crippen molar-refractivity contribution in [2.75, 3.05) is 20.3 Å². The molecule has 4 saturated heterocycles. The third-order valence-electron chi connectivity index (χ3n) is 5.94. The Kier molecular flexibility index (Phi) is 5.23. The van der Waals surface area contributed by atoms with E-state index in [0.717, 1.165) is 0 Å². The molecular weight excluding hydrogens is 380 g/mol. The fourth-order valence-electron chi connectivity index (χ4n) is 4.42. The van der Waals surface area contributed by atoms with Gasteiger partial charge in [0.15, 0.2) is 18.9 Å². The van der Waals surface area contributed by atoms with E-state index in [4.69, 9.17) is 23.7 Å². The van der Waals surface area contributed by atoms with Crippen LogP contribution in [-0.2, 0) is 28.5 Å². The van der Waals surface area contributed by atoms with Crippen LogP contribution in [0.5, 0.6) is 0 Å². The number of rotatable bonds is 4. The van der Waals surface area contributed by atoms with Gasteiger partial charge in [-0.2, -0.15) is 0 Å². The third kappa shape index (κ3) is 2.98. The summed E-state index contributed by atoms with van der Waals surface area (Å²) in [7, 11) is 1.24. The minimum atomic E-state index is -1.62. The van der Waals surface area contributed by atoms with E-state index in [1.807, 2.05) is 0 Å². The molecule has 28 heavy (non-hydrogen) atoms. The second-order valence-electron chi connectivity index (χ2n) is 7.52. The molecule has 11 nitrogen and oxygen atoms in total. The summed E-state index contributed by atoms with van der Waals surface area (Å²) in [6.07, 6.45) is -6.36. The Morgan fingerprint density at radius 1 is 1.18 bits per heavy atom. The fourth-order valence-corrected chi connectivity index (χ4v) is 4.42. The number of hydrogen-bond donors (Lipinski definition) is 5. The zero-order chi connectivity index (χ0) is 20.2. The summed E-state index contributed by atoms with van der Waals surface area (Å²) >= 11 is 0. The van der Waals surface area contributed by atoms with Crippen LogP contribution in [0.3, 0.4) is 0 Å². The number of aliphatic hydroxyl groups excluding tert-OH is 4. The van der Waals surface area contributed by atoms with E-state index in [9.17, 15) is 30.3 Å². The van der Waals surface area contributed by atoms with Crippen molar-refractivity contribution in [2.24, 2.45) is 17.8 Å². The minimum absolute atomic E-state index is 0.128. The smallest absolute Gasteiger partial charge is 0.314 e. The molecular formula is C17H24O11. The number of aliphatic hydroxyl groups is 5. The topological polar surface area (TPSA) is 164 Å². The van der Waals surface area contributed by atoms with Gasteiger partial charge < -0.3 is 49.2 Å². The molecule has 0 radical (unpaired) electrons. The molecule has 4 bridgehead atoms. The SMILES string of the molecule is COC(=O)C1C2OCC3(O)C=CC1C3C(OC1OC(CO)C(O)C(O)C1O)O2. The maximum Gasteiger partial charge on any atom is 0.314 e. The summed E-state index contributed by atoms with van der Waals surface area (Å²) in [5.41, 5.74) is -1.47. The molecule has 158 valence electrons. The van der Waals surface area contributed by atoms with Crippen LogP contribution in [0.1, 0.15) is 0 Å². The Morgan fingerprint density at radius 2 is 1.93 bits per heavy atom. The van der Waals surface area contributed by atoms with E-state index >= 15 is 0 Å². The second-order valence-corrected chi connectivity index (χ2v) is 7.52. The lowest BCUT2D eigenvalue weighted by Gasteiger charge is -2.45. The number of methoxy groups -OCH3 is 1. The van der Waals surface area contributed by atoms with Crippen molar-refractivity contribution in [2.45, 2.75) is 48.9 Å². The molecule has 0 spiro atoms. The highest BCUT2D eigenvalue weighted by atomic mass is 16.8. The molecule has 11 heteroatoms. The maximum absolute atomic E-state index is 12.2. The molecule has 11 atom stereocenters. The zero-order valence-electron chi connectivity index (χ0n) is 15.0. The molecule has 1 aliphatic carbocycles. The summed E-state index contributed by atoms with van der Waals surface area (Å²) in [6, 6.07) is 0. The summed E-state index contributed by atoms with van der Waals surface area (Å²) in [5, 5.41) is 50.3. The molecule has 0 aromatic rings. The number of fused-ring (bicyclic) bond motifs is 2. The van der Waals surface area contributed by atoms with Crippen LogP contribution in [0, 0.1) is 17.8 Å². The Balaban J connectivity index is 1.58. The van der Waals surface area contributed by atoms with Gasteiger partial charge in [0.25, 0.3) is 0 Å². The molecule has 11 unspecified atom stereocenters. The van der Waals surface area contributed by atoms with E-state index in [-0.39, 0.29) is 6.61 Å². The van der Waals surface area contributed by atoms with Crippen molar-refractivity contribution in [1.82, 2.24) is 0 Å². The highest BCUT2D eigenvalue weighted by Crippen LogP contribution is 2.51. The first-order chi connectivity index (χ1) is 13.3. The van der Waals surface area contributed by atoms with Crippen molar-refractivity contribution >= 4 is 5.97 Å². The van der Waals surface area contributed by atoms with Gasteiger partial charge in [0.2, 0.25) is 0 Å². The zero-order valence-corrected chi connectivity index (χ0v) is 15.0. The Bertz CT molecular complexity index is 639. The fraction of sp³-hybridized carbons (Fsp3) is 0.824. The third-order valence-corrected chi connectivity index (χ3v) is 5.94. The predicted molar refractivity (Wildman–Crippen MR) is 86.0 cm³/mol. The van der Waals surface area contributed by atoms with Crippen LogP contribution in [0.25, 0.3) is 0 Å². The molecule has 4 aliphatic heterocycles. The quantitative estimate of drug-likeness (QED) is 0.237. The largest absolute Gasteiger partial charge is 0.469 e. The van der Waals surface area contributed by atoms with Gasteiger partial charge in [0, 0.05) is 5.92 Å². The average molecular weight is 404 g/mol. The lowest BCUT2D eigenvalue weighted by molar-refractivity contribution is -0.374. The number of ether oxygens (including phenoxy) is 5. The van der Waals surface area contributed by atoms with Crippen LogP contribution in [0.15, 0.2) is 12.2 Å². The Labute approximate surface area is 160 Å². The van der Waals surface area contributed by atoms with Gasteiger partial charge in [-0.05, 0) is 0 Å². The number of carbonyl (C=O) groups is 1. The molecule has 0 aromatic heterocycles. The van der Waals surface area contributed by atoms with Gasteiger partial charge >= 0.3 is 5.97 Å². The highest BCUT2D eigenvalue weighted by Gasteiger charge is 2.63. The van der Waals surface area contributed by atoms with E-state index < -0.39 is 79.2 Å². The van der Waals surface area contributed by atoms with E-state index in [1.54, 1.807) is 6.08 Å². The van der Waals surface area contributed by atoms with Crippen molar-refractivity contribution in [3.8, 4) is 0 Å². The molecule has 0 amide bonds. The lowest BCUT2D eigenvalue weighted by Crippen LogP contribution is -2.61. The molecule has 4 fully saturated rings. The lowest BCUT2D eigenvalue weighted by atomic mass is 9.76. The van der Waals surface area contributed by atoms with Gasteiger partial charge in [-0.3, -0.25) is 4.79 Å². The van der Waals surface area contributed by atoms with Gasteiger partial charge in [-0.25, -0.2) is 0 Å². The van der Waals surface area contributed by atoms with Gasteiger partial charge in [0.1, 0.15) is 35.9 Å². The first kappa shape index (κ1) is 20.1. The standard InChI is InChI=1S/C17H24O11/c1-24-13(22)8-6-2-3-17(23)5-25-14(8)27-15(9(6)17)28-16-12(21)11(20)10(19)7(4-18)26-16/h2-3,6-12,14-16,18-21,23H,4-5H2,1H3.